The Hall–Kier alpha value is -3.45. The molecule has 0 spiro atoms. The summed E-state index contributed by atoms with van der Waals surface area (Å²) >= 11 is 1.57. The average Bonchev–Trinajstić information content (AvgIpc) is 3.67. The summed E-state index contributed by atoms with van der Waals surface area (Å²) in [5.74, 6) is -0.0710. The van der Waals surface area contributed by atoms with Crippen LogP contribution in [0.15, 0.2) is 76.3 Å². The number of nitrogens with one attached hydrogen (secondary N) is 1. The SMILES string of the molecule is COc1ccc(S(=O)(=O)N(CC(C)C)C[C@@H](O)[C@H](Cc2ccccc2)NC(=O)C(C(C)C)N2CCN(Cc3ccsc3)C2=O)cc1. The Kier molecular flexibility index (Phi) is 12.2. The van der Waals surface area contributed by atoms with Crippen LogP contribution in [0.3, 0.4) is 0 Å². The zero-order valence-corrected chi connectivity index (χ0v) is 28.8. The van der Waals surface area contributed by atoms with Crippen LogP contribution in [-0.4, -0.2) is 91.0 Å². The molecule has 12 heteroatoms. The molecule has 3 aromatic rings. The van der Waals surface area contributed by atoms with Crippen molar-refractivity contribution in [3.05, 3.63) is 82.6 Å². The first kappa shape index (κ1) is 35.4. The predicted octanol–water partition coefficient (Wildman–Crippen LogP) is 4.45. The van der Waals surface area contributed by atoms with Gasteiger partial charge in [-0.05, 0) is 70.5 Å². The summed E-state index contributed by atoms with van der Waals surface area (Å²) in [7, 11) is -2.47. The molecule has 3 amide bonds. The van der Waals surface area contributed by atoms with Crippen molar-refractivity contribution in [3.8, 4) is 5.75 Å². The van der Waals surface area contributed by atoms with Crippen molar-refractivity contribution in [2.45, 2.75) is 63.7 Å². The van der Waals surface area contributed by atoms with Crippen LogP contribution in [0.4, 0.5) is 4.79 Å². The Morgan fingerprint density at radius 3 is 2.28 bits per heavy atom. The second kappa shape index (κ2) is 15.9. The van der Waals surface area contributed by atoms with E-state index in [9.17, 15) is 23.1 Å². The van der Waals surface area contributed by atoms with Gasteiger partial charge in [0, 0.05) is 32.7 Å². The number of nitrogens with zero attached hydrogens (tertiary/aromatic N) is 3. The molecular weight excluding hydrogens is 625 g/mol. The molecule has 10 nitrogen and oxygen atoms in total. The van der Waals surface area contributed by atoms with Crippen LogP contribution in [-0.2, 0) is 27.8 Å². The molecule has 250 valence electrons. The van der Waals surface area contributed by atoms with Gasteiger partial charge in [0.1, 0.15) is 11.8 Å². The molecule has 0 bridgehead atoms. The highest BCUT2D eigenvalue weighted by Gasteiger charge is 2.40. The smallest absolute Gasteiger partial charge is 0.321 e. The second-order valence-corrected chi connectivity index (χ2v) is 15.2. The van der Waals surface area contributed by atoms with Gasteiger partial charge in [-0.3, -0.25) is 4.79 Å². The van der Waals surface area contributed by atoms with E-state index in [0.29, 0.717) is 25.4 Å². The number of ether oxygens (including phenoxy) is 1. The monoisotopic (exact) mass is 670 g/mol. The Morgan fingerprint density at radius 1 is 1.00 bits per heavy atom. The molecule has 3 atom stereocenters. The van der Waals surface area contributed by atoms with Crippen LogP contribution in [0.2, 0.25) is 0 Å². The quantitative estimate of drug-likeness (QED) is 0.233. The molecule has 1 aromatic heterocycles. The van der Waals surface area contributed by atoms with Crippen LogP contribution < -0.4 is 10.1 Å². The minimum Gasteiger partial charge on any atom is -0.497 e. The van der Waals surface area contributed by atoms with Gasteiger partial charge in [-0.2, -0.15) is 15.6 Å². The van der Waals surface area contributed by atoms with Crippen molar-refractivity contribution in [2.24, 2.45) is 11.8 Å². The van der Waals surface area contributed by atoms with Crippen LogP contribution in [0, 0.1) is 11.8 Å². The molecule has 46 heavy (non-hydrogen) atoms. The second-order valence-electron chi connectivity index (χ2n) is 12.5. The van der Waals surface area contributed by atoms with Crippen molar-refractivity contribution in [3.63, 3.8) is 0 Å². The number of urea groups is 1. The lowest BCUT2D eigenvalue weighted by Crippen LogP contribution is -2.57. The number of benzene rings is 2. The standard InChI is InChI=1S/C34H46N4O6S2/c1-24(2)20-37(46(42,43)29-13-11-28(44-5)12-14-29)22-31(39)30(19-26-9-7-6-8-10-26)35-33(40)32(25(3)4)38-17-16-36(34(38)41)21-27-15-18-45-23-27/h6-15,18,23-25,30-32,39H,16-17,19-22H2,1-5H3,(H,35,40)/t30-,31+,32?/m0/s1. The van der Waals surface area contributed by atoms with Crippen LogP contribution in [0.5, 0.6) is 5.75 Å². The molecule has 1 aliphatic heterocycles. The minimum absolute atomic E-state index is 0.0223. The predicted molar refractivity (Wildman–Crippen MR) is 180 cm³/mol. The third-order valence-corrected chi connectivity index (χ3v) is 10.6. The van der Waals surface area contributed by atoms with Crippen molar-refractivity contribution in [2.75, 3.05) is 33.3 Å². The molecule has 2 aromatic carbocycles. The summed E-state index contributed by atoms with van der Waals surface area (Å²) in [6, 6.07) is 15.8. The maximum atomic E-state index is 14.0. The highest BCUT2D eigenvalue weighted by atomic mass is 32.2. The fraction of sp³-hybridized carbons (Fsp3) is 0.471. The first-order valence-electron chi connectivity index (χ1n) is 15.6. The third-order valence-electron chi connectivity index (χ3n) is 8.06. The lowest BCUT2D eigenvalue weighted by molar-refractivity contribution is -0.128. The number of amides is 3. The van der Waals surface area contributed by atoms with Crippen molar-refractivity contribution in [1.29, 1.82) is 0 Å². The van der Waals surface area contributed by atoms with Gasteiger partial charge in [-0.1, -0.05) is 58.0 Å². The van der Waals surface area contributed by atoms with Gasteiger partial charge in [0.2, 0.25) is 15.9 Å². The Labute approximate surface area is 277 Å². The molecule has 1 aliphatic rings. The lowest BCUT2D eigenvalue weighted by Gasteiger charge is -2.34. The van der Waals surface area contributed by atoms with E-state index in [1.807, 2.05) is 74.9 Å². The molecule has 1 fully saturated rings. The number of aliphatic hydroxyl groups excluding tert-OH is 1. The Bertz CT molecular complexity index is 1510. The molecule has 0 radical (unpaired) electrons. The minimum atomic E-state index is -3.98. The van der Waals surface area contributed by atoms with Gasteiger partial charge in [-0.15, -0.1) is 0 Å². The maximum absolute atomic E-state index is 14.0. The molecule has 2 heterocycles. The topological polar surface area (TPSA) is 119 Å². The Balaban J connectivity index is 1.57. The van der Waals surface area contributed by atoms with Gasteiger partial charge < -0.3 is 25.0 Å². The van der Waals surface area contributed by atoms with E-state index < -0.39 is 28.2 Å². The third kappa shape index (κ3) is 8.87. The van der Waals surface area contributed by atoms with Crippen molar-refractivity contribution >= 4 is 33.3 Å². The fourth-order valence-corrected chi connectivity index (χ4v) is 8.02. The molecule has 4 rings (SSSR count). The van der Waals surface area contributed by atoms with E-state index in [-0.39, 0.29) is 48.2 Å². The number of rotatable bonds is 16. The van der Waals surface area contributed by atoms with E-state index in [0.717, 1.165) is 11.1 Å². The number of carbonyl (C=O) groups is 2. The maximum Gasteiger partial charge on any atom is 0.321 e. The van der Waals surface area contributed by atoms with E-state index in [2.05, 4.69) is 5.32 Å². The van der Waals surface area contributed by atoms with E-state index in [1.54, 1.807) is 33.3 Å². The van der Waals surface area contributed by atoms with Crippen LogP contribution in [0.25, 0.3) is 0 Å². The molecule has 0 saturated carbocycles. The summed E-state index contributed by atoms with van der Waals surface area (Å²) in [4.78, 5) is 30.9. The highest BCUT2D eigenvalue weighted by molar-refractivity contribution is 7.89. The normalized spacial score (nSPS) is 15.9. The lowest BCUT2D eigenvalue weighted by atomic mass is 9.97. The van der Waals surface area contributed by atoms with E-state index in [1.165, 1.54) is 23.5 Å². The Morgan fingerprint density at radius 2 is 1.70 bits per heavy atom. The summed E-state index contributed by atoms with van der Waals surface area (Å²) in [6.07, 6.45) is -0.970. The molecule has 1 unspecified atom stereocenters. The van der Waals surface area contributed by atoms with E-state index >= 15 is 0 Å². The summed E-state index contributed by atoms with van der Waals surface area (Å²) in [5, 5.41) is 18.7. The number of aliphatic hydroxyl groups is 1. The molecular formula is C34H46N4O6S2. The molecule has 0 aliphatic carbocycles. The largest absolute Gasteiger partial charge is 0.497 e. The first-order chi connectivity index (χ1) is 21.9. The van der Waals surface area contributed by atoms with Gasteiger partial charge in [-0.25, -0.2) is 13.2 Å². The molecule has 1 saturated heterocycles. The van der Waals surface area contributed by atoms with Gasteiger partial charge in [0.15, 0.2) is 0 Å². The number of thiophene rings is 1. The number of sulfonamides is 1. The van der Waals surface area contributed by atoms with Gasteiger partial charge in [0.25, 0.3) is 0 Å². The van der Waals surface area contributed by atoms with Crippen LogP contribution in [0.1, 0.15) is 38.8 Å². The van der Waals surface area contributed by atoms with Crippen molar-refractivity contribution < 1.29 is 27.9 Å². The fourth-order valence-electron chi connectivity index (χ4n) is 5.74. The summed E-state index contributed by atoms with van der Waals surface area (Å²) in [5.41, 5.74) is 1.92. The van der Waals surface area contributed by atoms with Crippen molar-refractivity contribution in [1.82, 2.24) is 19.4 Å². The number of hydrogen-bond donors (Lipinski definition) is 2. The summed E-state index contributed by atoms with van der Waals surface area (Å²) < 4.78 is 34.1. The highest BCUT2D eigenvalue weighted by Crippen LogP contribution is 2.24. The number of methoxy groups -OCH3 is 1. The zero-order chi connectivity index (χ0) is 33.4. The number of hydrogen-bond acceptors (Lipinski definition) is 7. The zero-order valence-electron chi connectivity index (χ0n) is 27.2. The molecule has 2 N–H and O–H groups in total. The first-order valence-corrected chi connectivity index (χ1v) is 18.0. The number of carbonyl (C=O) groups excluding carboxylic acids is 2. The van der Waals surface area contributed by atoms with Crippen LogP contribution >= 0.6 is 11.3 Å². The van der Waals surface area contributed by atoms with E-state index in [4.69, 9.17) is 4.74 Å². The van der Waals surface area contributed by atoms with Gasteiger partial charge >= 0.3 is 6.03 Å². The summed E-state index contributed by atoms with van der Waals surface area (Å²) in [6.45, 7) is 8.96. The average molecular weight is 671 g/mol. The van der Waals surface area contributed by atoms with Gasteiger partial charge in [0.05, 0.1) is 24.2 Å².